The van der Waals surface area contributed by atoms with Gasteiger partial charge in [-0.1, -0.05) is 6.07 Å². The zero-order chi connectivity index (χ0) is 19.0. The Bertz CT molecular complexity index is 954. The van der Waals surface area contributed by atoms with E-state index in [1.165, 1.54) is 48.9 Å². The molecule has 0 N–H and O–H groups in total. The molecule has 1 aromatic carbocycles. The second-order valence-electron chi connectivity index (χ2n) is 8.32. The van der Waals surface area contributed by atoms with Crippen molar-refractivity contribution < 1.29 is 0 Å². The van der Waals surface area contributed by atoms with E-state index in [0.717, 1.165) is 31.7 Å². The van der Waals surface area contributed by atoms with Crippen LogP contribution in [0.1, 0.15) is 38.2 Å². The van der Waals surface area contributed by atoms with Gasteiger partial charge in [0, 0.05) is 60.7 Å². The average molecular weight is 376 g/mol. The number of aromatic nitrogens is 3. The molecular formula is C23H29N5. The van der Waals surface area contributed by atoms with E-state index >= 15 is 0 Å². The summed E-state index contributed by atoms with van der Waals surface area (Å²) in [4.78, 5) is 9.75. The van der Waals surface area contributed by atoms with Crippen LogP contribution in [0.25, 0.3) is 10.9 Å². The first-order valence-corrected chi connectivity index (χ1v) is 10.6. The van der Waals surface area contributed by atoms with Crippen LogP contribution in [-0.2, 0) is 13.1 Å². The van der Waals surface area contributed by atoms with Crippen molar-refractivity contribution in [2.75, 3.05) is 24.5 Å². The minimum atomic E-state index is 0.378. The van der Waals surface area contributed by atoms with Gasteiger partial charge < -0.3 is 4.90 Å². The summed E-state index contributed by atoms with van der Waals surface area (Å²) < 4.78 is 2.04. The van der Waals surface area contributed by atoms with Crippen molar-refractivity contribution in [2.45, 2.75) is 51.2 Å². The number of likely N-dealkylation sites (tertiary alicyclic amines) is 1. The molecule has 4 heterocycles. The number of anilines is 1. The zero-order valence-electron chi connectivity index (χ0n) is 16.7. The Hall–Kier alpha value is -2.40. The molecule has 2 saturated heterocycles. The summed E-state index contributed by atoms with van der Waals surface area (Å²) >= 11 is 0. The van der Waals surface area contributed by atoms with Crippen LogP contribution in [0.15, 0.2) is 48.9 Å². The lowest BCUT2D eigenvalue weighted by atomic mass is 9.84. The van der Waals surface area contributed by atoms with E-state index in [0.29, 0.717) is 5.54 Å². The molecule has 0 aliphatic carbocycles. The van der Waals surface area contributed by atoms with E-state index in [1.54, 1.807) is 0 Å². The van der Waals surface area contributed by atoms with Crippen LogP contribution >= 0.6 is 0 Å². The zero-order valence-corrected chi connectivity index (χ0v) is 16.7. The Morgan fingerprint density at radius 2 is 1.96 bits per heavy atom. The smallest absolute Gasteiger partial charge is 0.0703 e. The van der Waals surface area contributed by atoms with E-state index < -0.39 is 0 Å². The molecule has 1 spiro atoms. The van der Waals surface area contributed by atoms with Gasteiger partial charge in [0.05, 0.1) is 11.7 Å². The van der Waals surface area contributed by atoms with Gasteiger partial charge in [-0.15, -0.1) is 0 Å². The Balaban J connectivity index is 1.29. The van der Waals surface area contributed by atoms with Crippen molar-refractivity contribution in [1.29, 1.82) is 0 Å². The van der Waals surface area contributed by atoms with Crippen molar-refractivity contribution in [1.82, 2.24) is 19.7 Å². The molecule has 0 unspecified atom stereocenters. The second-order valence-corrected chi connectivity index (χ2v) is 8.32. The number of hydrogen-bond donors (Lipinski definition) is 0. The van der Waals surface area contributed by atoms with Gasteiger partial charge in [-0.05, 0) is 63.4 Å². The van der Waals surface area contributed by atoms with Crippen molar-refractivity contribution in [2.24, 2.45) is 0 Å². The molecule has 0 saturated carbocycles. The summed E-state index contributed by atoms with van der Waals surface area (Å²) in [7, 11) is 0. The largest absolute Gasteiger partial charge is 0.371 e. The highest BCUT2D eigenvalue weighted by molar-refractivity contribution is 5.82. The molecule has 5 rings (SSSR count). The van der Waals surface area contributed by atoms with Crippen molar-refractivity contribution in [3.05, 3.63) is 54.5 Å². The molecule has 5 nitrogen and oxygen atoms in total. The number of piperidine rings is 1. The average Bonchev–Trinajstić information content (AvgIpc) is 3.36. The minimum absolute atomic E-state index is 0.378. The predicted octanol–water partition coefficient (Wildman–Crippen LogP) is 4.09. The number of aryl methyl sites for hydroxylation is 1. The molecule has 2 aromatic heterocycles. The van der Waals surface area contributed by atoms with Gasteiger partial charge in [-0.2, -0.15) is 5.10 Å². The van der Waals surface area contributed by atoms with E-state index in [2.05, 4.69) is 57.3 Å². The summed E-state index contributed by atoms with van der Waals surface area (Å²) in [5, 5.41) is 5.70. The van der Waals surface area contributed by atoms with Crippen molar-refractivity contribution in [3.8, 4) is 0 Å². The monoisotopic (exact) mass is 375 g/mol. The highest BCUT2D eigenvalue weighted by Crippen LogP contribution is 2.40. The fraction of sp³-hybridized carbons (Fsp3) is 0.478. The molecule has 146 valence electrons. The Morgan fingerprint density at radius 3 is 2.79 bits per heavy atom. The maximum Gasteiger partial charge on any atom is 0.0703 e. The third kappa shape index (κ3) is 3.18. The van der Waals surface area contributed by atoms with Crippen molar-refractivity contribution in [3.63, 3.8) is 0 Å². The first kappa shape index (κ1) is 17.7. The Labute approximate surface area is 167 Å². The summed E-state index contributed by atoms with van der Waals surface area (Å²) in [5.74, 6) is 0. The van der Waals surface area contributed by atoms with E-state index in [1.807, 2.05) is 23.1 Å². The summed E-state index contributed by atoms with van der Waals surface area (Å²) in [6.07, 6.45) is 11.3. The van der Waals surface area contributed by atoms with E-state index in [-0.39, 0.29) is 0 Å². The van der Waals surface area contributed by atoms with Gasteiger partial charge in [0.25, 0.3) is 0 Å². The fourth-order valence-electron chi connectivity index (χ4n) is 5.13. The van der Waals surface area contributed by atoms with Crippen LogP contribution in [0.3, 0.4) is 0 Å². The maximum atomic E-state index is 4.46. The quantitative estimate of drug-likeness (QED) is 0.688. The van der Waals surface area contributed by atoms with Gasteiger partial charge in [0.15, 0.2) is 0 Å². The Kier molecular flexibility index (Phi) is 4.55. The maximum absolute atomic E-state index is 4.46. The molecule has 0 bridgehead atoms. The molecule has 0 atom stereocenters. The van der Waals surface area contributed by atoms with Crippen LogP contribution < -0.4 is 4.90 Å². The van der Waals surface area contributed by atoms with Gasteiger partial charge >= 0.3 is 0 Å². The minimum Gasteiger partial charge on any atom is -0.371 e. The number of pyridine rings is 1. The molecule has 5 heteroatoms. The lowest BCUT2D eigenvalue weighted by Crippen LogP contribution is -2.51. The molecule has 2 fully saturated rings. The highest BCUT2D eigenvalue weighted by Gasteiger charge is 2.43. The standard InChI is InChI=1S/C23H29N5/c1-2-28-18-19(16-25-28)17-27-12-4-8-23(27)9-13-26(14-10-23)21-6-7-22-20(15-21)5-3-11-24-22/h3,5-7,11,15-16,18H,2,4,8-10,12-14,17H2,1H3. The number of benzene rings is 1. The third-order valence-electron chi connectivity index (χ3n) is 6.77. The van der Waals surface area contributed by atoms with Gasteiger partial charge in [-0.25, -0.2) is 0 Å². The van der Waals surface area contributed by atoms with Crippen LogP contribution in [0.5, 0.6) is 0 Å². The summed E-state index contributed by atoms with van der Waals surface area (Å²) in [5.41, 5.74) is 4.15. The lowest BCUT2D eigenvalue weighted by molar-refractivity contribution is 0.0998. The normalized spacial score (nSPS) is 19.7. The topological polar surface area (TPSA) is 37.2 Å². The molecule has 2 aliphatic heterocycles. The summed E-state index contributed by atoms with van der Waals surface area (Å²) in [6, 6.07) is 10.9. The first-order chi connectivity index (χ1) is 13.8. The molecule has 0 radical (unpaired) electrons. The SMILES string of the molecule is CCn1cc(CN2CCCC23CCN(c2ccc4ncccc4c2)CC3)cn1. The fourth-order valence-corrected chi connectivity index (χ4v) is 5.13. The van der Waals surface area contributed by atoms with Crippen LogP contribution in [-0.4, -0.2) is 44.8 Å². The summed E-state index contributed by atoms with van der Waals surface area (Å²) in [6.45, 7) is 7.63. The molecule has 28 heavy (non-hydrogen) atoms. The third-order valence-corrected chi connectivity index (χ3v) is 6.77. The number of nitrogens with zero attached hydrogens (tertiary/aromatic N) is 5. The first-order valence-electron chi connectivity index (χ1n) is 10.6. The highest BCUT2D eigenvalue weighted by atomic mass is 15.3. The van der Waals surface area contributed by atoms with Crippen LogP contribution in [0.2, 0.25) is 0 Å². The van der Waals surface area contributed by atoms with E-state index in [4.69, 9.17) is 0 Å². The number of fused-ring (bicyclic) bond motifs is 1. The second kappa shape index (κ2) is 7.21. The Morgan fingerprint density at radius 1 is 1.07 bits per heavy atom. The predicted molar refractivity (Wildman–Crippen MR) is 113 cm³/mol. The van der Waals surface area contributed by atoms with Crippen LogP contribution in [0, 0.1) is 0 Å². The van der Waals surface area contributed by atoms with Crippen molar-refractivity contribution >= 4 is 16.6 Å². The number of rotatable bonds is 4. The molecule has 0 amide bonds. The van der Waals surface area contributed by atoms with Gasteiger partial charge in [0.1, 0.15) is 0 Å². The van der Waals surface area contributed by atoms with Crippen LogP contribution in [0.4, 0.5) is 5.69 Å². The van der Waals surface area contributed by atoms with Gasteiger partial charge in [-0.3, -0.25) is 14.6 Å². The van der Waals surface area contributed by atoms with Gasteiger partial charge in [0.2, 0.25) is 0 Å². The molecule has 2 aliphatic rings. The number of hydrogen-bond acceptors (Lipinski definition) is 4. The molecule has 3 aromatic rings. The molecular weight excluding hydrogens is 346 g/mol. The lowest BCUT2D eigenvalue weighted by Gasteiger charge is -2.45. The van der Waals surface area contributed by atoms with E-state index in [9.17, 15) is 0 Å².